The van der Waals surface area contributed by atoms with Crippen molar-refractivity contribution in [2.45, 2.75) is 19.1 Å². The molecule has 0 saturated heterocycles. The van der Waals surface area contributed by atoms with Crippen LogP contribution in [-0.2, 0) is 17.9 Å². The van der Waals surface area contributed by atoms with Crippen LogP contribution in [0.3, 0.4) is 0 Å². The van der Waals surface area contributed by atoms with Gasteiger partial charge in [-0.2, -0.15) is 5.48 Å². The van der Waals surface area contributed by atoms with E-state index in [-0.39, 0.29) is 23.1 Å². The summed E-state index contributed by atoms with van der Waals surface area (Å²) in [6, 6.07) is 12.1. The SMILES string of the molecule is CONC(Cn1c(=O)c(Br)cn(Cc2c(F)cccc2F)c1=O)c1ccccc1. The van der Waals surface area contributed by atoms with Crippen LogP contribution in [0.5, 0.6) is 0 Å². The fraction of sp³-hybridized carbons (Fsp3) is 0.200. The largest absolute Gasteiger partial charge is 0.331 e. The van der Waals surface area contributed by atoms with Gasteiger partial charge in [0.15, 0.2) is 0 Å². The van der Waals surface area contributed by atoms with Gasteiger partial charge >= 0.3 is 5.69 Å². The first kappa shape index (κ1) is 21.1. The topological polar surface area (TPSA) is 65.3 Å². The lowest BCUT2D eigenvalue weighted by Gasteiger charge is -2.19. The summed E-state index contributed by atoms with van der Waals surface area (Å²) in [5.41, 5.74) is 2.05. The summed E-state index contributed by atoms with van der Waals surface area (Å²) < 4.78 is 30.2. The average Bonchev–Trinajstić information content (AvgIpc) is 2.71. The Morgan fingerprint density at radius 1 is 1.07 bits per heavy atom. The van der Waals surface area contributed by atoms with Crippen LogP contribution >= 0.6 is 15.9 Å². The summed E-state index contributed by atoms with van der Waals surface area (Å²) in [5, 5.41) is 0. The summed E-state index contributed by atoms with van der Waals surface area (Å²) in [5.74, 6) is -1.54. The van der Waals surface area contributed by atoms with E-state index < -0.39 is 28.9 Å². The monoisotopic (exact) mass is 465 g/mol. The lowest BCUT2D eigenvalue weighted by atomic mass is 10.1. The third kappa shape index (κ3) is 4.69. The van der Waals surface area contributed by atoms with Crippen LogP contribution in [0.25, 0.3) is 0 Å². The van der Waals surface area contributed by atoms with Gasteiger partial charge in [-0.1, -0.05) is 36.4 Å². The van der Waals surface area contributed by atoms with E-state index in [4.69, 9.17) is 4.84 Å². The highest BCUT2D eigenvalue weighted by Crippen LogP contribution is 2.16. The molecule has 1 unspecified atom stereocenters. The van der Waals surface area contributed by atoms with E-state index in [9.17, 15) is 18.4 Å². The van der Waals surface area contributed by atoms with Gasteiger partial charge in [0, 0.05) is 11.8 Å². The highest BCUT2D eigenvalue weighted by Gasteiger charge is 2.18. The number of hydrogen-bond acceptors (Lipinski definition) is 4. The van der Waals surface area contributed by atoms with E-state index in [1.807, 2.05) is 30.3 Å². The van der Waals surface area contributed by atoms with Gasteiger partial charge in [0.1, 0.15) is 11.6 Å². The van der Waals surface area contributed by atoms with Crippen molar-refractivity contribution in [2.24, 2.45) is 0 Å². The molecule has 0 aliphatic rings. The molecule has 0 saturated carbocycles. The Morgan fingerprint density at radius 2 is 1.72 bits per heavy atom. The maximum absolute atomic E-state index is 14.0. The molecule has 0 radical (unpaired) electrons. The van der Waals surface area contributed by atoms with Crippen molar-refractivity contribution in [3.05, 3.63) is 103 Å². The maximum Gasteiger partial charge on any atom is 0.331 e. The van der Waals surface area contributed by atoms with Gasteiger partial charge in [-0.3, -0.25) is 13.9 Å². The molecule has 9 heteroatoms. The molecule has 1 aromatic heterocycles. The van der Waals surface area contributed by atoms with Crippen molar-refractivity contribution in [1.29, 1.82) is 0 Å². The molecule has 0 bridgehead atoms. The number of rotatable bonds is 7. The summed E-state index contributed by atoms with van der Waals surface area (Å²) >= 11 is 3.13. The minimum Gasteiger partial charge on any atom is -0.304 e. The maximum atomic E-state index is 14.0. The molecule has 0 fully saturated rings. The number of hydroxylamine groups is 1. The van der Waals surface area contributed by atoms with Gasteiger partial charge in [0.05, 0.1) is 30.7 Å². The molecule has 29 heavy (non-hydrogen) atoms. The highest BCUT2D eigenvalue weighted by atomic mass is 79.9. The molecule has 1 atom stereocenters. The van der Waals surface area contributed by atoms with Crippen LogP contribution in [0.1, 0.15) is 17.2 Å². The molecule has 0 amide bonds. The second kappa shape index (κ2) is 9.25. The van der Waals surface area contributed by atoms with Crippen molar-refractivity contribution in [3.8, 4) is 0 Å². The predicted octanol–water partition coefficient (Wildman–Crippen LogP) is 2.99. The van der Waals surface area contributed by atoms with Crippen molar-refractivity contribution in [1.82, 2.24) is 14.6 Å². The van der Waals surface area contributed by atoms with Crippen LogP contribution in [0.4, 0.5) is 8.78 Å². The number of nitrogens with one attached hydrogen (secondary N) is 1. The van der Waals surface area contributed by atoms with E-state index in [0.717, 1.165) is 26.8 Å². The Balaban J connectivity index is 2.03. The molecular weight excluding hydrogens is 448 g/mol. The van der Waals surface area contributed by atoms with Crippen molar-refractivity contribution in [2.75, 3.05) is 7.11 Å². The summed E-state index contributed by atoms with van der Waals surface area (Å²) in [6.07, 6.45) is 1.23. The fourth-order valence-corrected chi connectivity index (χ4v) is 3.43. The normalized spacial score (nSPS) is 12.1. The van der Waals surface area contributed by atoms with E-state index in [2.05, 4.69) is 21.4 Å². The summed E-state index contributed by atoms with van der Waals surface area (Å²) in [7, 11) is 1.43. The van der Waals surface area contributed by atoms with Gasteiger partial charge in [0.25, 0.3) is 5.56 Å². The standard InChI is InChI=1S/C20H18BrF2N3O3/c1-29-24-18(13-6-3-2-4-7-13)12-26-19(27)15(21)11-25(20(26)28)10-14-16(22)8-5-9-17(14)23/h2-9,11,18,24H,10,12H2,1H3. The van der Waals surface area contributed by atoms with Crippen LogP contribution in [0.15, 0.2) is 68.8 Å². The number of halogens is 3. The van der Waals surface area contributed by atoms with E-state index in [1.54, 1.807) is 0 Å². The fourth-order valence-electron chi connectivity index (χ4n) is 2.97. The first-order valence-corrected chi connectivity index (χ1v) is 9.47. The Hall–Kier alpha value is -2.62. The smallest absolute Gasteiger partial charge is 0.304 e. The molecule has 3 rings (SSSR count). The Kier molecular flexibility index (Phi) is 6.73. The molecule has 6 nitrogen and oxygen atoms in total. The Labute approximate surface area is 173 Å². The Bertz CT molecular complexity index is 1100. The van der Waals surface area contributed by atoms with Crippen LogP contribution in [-0.4, -0.2) is 16.2 Å². The zero-order valence-corrected chi connectivity index (χ0v) is 17.0. The average molecular weight is 466 g/mol. The number of nitrogens with zero attached hydrogens (tertiary/aromatic N) is 2. The highest BCUT2D eigenvalue weighted by molar-refractivity contribution is 9.10. The van der Waals surface area contributed by atoms with Crippen molar-refractivity contribution >= 4 is 15.9 Å². The van der Waals surface area contributed by atoms with Gasteiger partial charge in [-0.05, 0) is 33.6 Å². The van der Waals surface area contributed by atoms with Crippen LogP contribution in [0.2, 0.25) is 0 Å². The number of hydrogen-bond donors (Lipinski definition) is 1. The molecule has 152 valence electrons. The lowest BCUT2D eigenvalue weighted by Crippen LogP contribution is -2.43. The lowest BCUT2D eigenvalue weighted by molar-refractivity contribution is 0.0541. The van der Waals surface area contributed by atoms with Crippen molar-refractivity contribution < 1.29 is 13.6 Å². The number of aromatic nitrogens is 2. The zero-order chi connectivity index (χ0) is 21.0. The minimum atomic E-state index is -0.769. The summed E-state index contributed by atoms with van der Waals surface area (Å²) in [4.78, 5) is 30.5. The van der Waals surface area contributed by atoms with E-state index >= 15 is 0 Å². The van der Waals surface area contributed by atoms with Gasteiger partial charge in [-0.15, -0.1) is 0 Å². The molecule has 0 aliphatic carbocycles. The first-order chi connectivity index (χ1) is 13.9. The van der Waals surface area contributed by atoms with E-state index in [1.165, 1.54) is 19.4 Å². The second-order valence-electron chi connectivity index (χ2n) is 6.29. The van der Waals surface area contributed by atoms with Gasteiger partial charge in [-0.25, -0.2) is 13.6 Å². The van der Waals surface area contributed by atoms with Gasteiger partial charge in [0.2, 0.25) is 0 Å². The molecule has 1 heterocycles. The molecule has 3 aromatic rings. The minimum absolute atomic E-state index is 0.0469. The third-order valence-corrected chi connectivity index (χ3v) is 4.96. The molecular formula is C20H18BrF2N3O3. The third-order valence-electron chi connectivity index (χ3n) is 4.41. The number of benzene rings is 2. The Morgan fingerprint density at radius 3 is 2.34 bits per heavy atom. The second-order valence-corrected chi connectivity index (χ2v) is 7.14. The summed E-state index contributed by atoms with van der Waals surface area (Å²) in [6.45, 7) is -0.404. The van der Waals surface area contributed by atoms with Crippen LogP contribution in [0, 0.1) is 11.6 Å². The van der Waals surface area contributed by atoms with Crippen LogP contribution < -0.4 is 16.7 Å². The molecule has 2 aromatic carbocycles. The first-order valence-electron chi connectivity index (χ1n) is 8.68. The predicted molar refractivity (Wildman–Crippen MR) is 107 cm³/mol. The van der Waals surface area contributed by atoms with E-state index in [0.29, 0.717) is 0 Å². The van der Waals surface area contributed by atoms with Crippen molar-refractivity contribution in [3.63, 3.8) is 0 Å². The molecule has 0 aliphatic heterocycles. The molecule has 0 spiro atoms. The molecule has 1 N–H and O–H groups in total. The quantitative estimate of drug-likeness (QED) is 0.544. The zero-order valence-electron chi connectivity index (χ0n) is 15.4. The van der Waals surface area contributed by atoms with Gasteiger partial charge < -0.3 is 4.84 Å².